The number of benzene rings is 1. The molecule has 1 aromatic heterocycles. The first-order valence-corrected chi connectivity index (χ1v) is 10.4. The second-order valence-corrected chi connectivity index (χ2v) is 9.82. The Morgan fingerprint density at radius 3 is 2.52 bits per heavy atom. The van der Waals surface area contributed by atoms with E-state index < -0.39 is 14.8 Å². The highest BCUT2D eigenvalue weighted by atomic mass is 32.2. The van der Waals surface area contributed by atoms with Gasteiger partial charge in [0.05, 0.1) is 4.75 Å². The van der Waals surface area contributed by atoms with Crippen LogP contribution in [0.5, 0.6) is 0 Å². The van der Waals surface area contributed by atoms with Gasteiger partial charge in [-0.1, -0.05) is 13.0 Å². The number of amides is 1. The summed E-state index contributed by atoms with van der Waals surface area (Å²) in [5.41, 5.74) is 4.77. The summed E-state index contributed by atoms with van der Waals surface area (Å²) in [4.78, 5) is 17.9. The molecule has 1 amide bonds. The van der Waals surface area contributed by atoms with Gasteiger partial charge in [-0.2, -0.15) is 0 Å². The summed E-state index contributed by atoms with van der Waals surface area (Å²) in [5, 5.41) is 5.42. The quantitative estimate of drug-likeness (QED) is 0.873. The number of carbonyl (C=O) groups is 1. The molecule has 1 aliphatic heterocycles. The number of sulfonamides is 1. The Balaban J connectivity index is 1.99. The Morgan fingerprint density at radius 1 is 1.15 bits per heavy atom. The minimum Gasteiger partial charge on any atom is -0.315 e. The zero-order chi connectivity index (χ0) is 20.0. The van der Waals surface area contributed by atoms with Gasteiger partial charge in [0.15, 0.2) is 0 Å². The molecule has 0 saturated carbocycles. The molecule has 6 nitrogen and oxygen atoms in total. The Kier molecular flexibility index (Phi) is 4.86. The number of nitrogens with two attached hydrogens (primary N) is 1. The zero-order valence-corrected chi connectivity index (χ0v) is 16.9. The third-order valence-electron chi connectivity index (χ3n) is 5.79. The number of primary sulfonamides is 1. The smallest absolute Gasteiger partial charge is 0.227 e. The number of nitrogens with zero attached hydrogens (tertiary/aromatic N) is 2. The van der Waals surface area contributed by atoms with Crippen molar-refractivity contribution >= 4 is 21.6 Å². The van der Waals surface area contributed by atoms with Gasteiger partial charge in [-0.15, -0.1) is 0 Å². The average Bonchev–Trinajstić information content (AvgIpc) is 2.63. The van der Waals surface area contributed by atoms with Gasteiger partial charge in [-0.05, 0) is 55.2 Å². The Bertz CT molecular complexity index is 999. The second kappa shape index (κ2) is 6.73. The lowest BCUT2D eigenvalue weighted by molar-refractivity contribution is -0.118. The van der Waals surface area contributed by atoms with Crippen molar-refractivity contribution in [3.63, 3.8) is 0 Å². The van der Waals surface area contributed by atoms with Crippen LogP contribution in [-0.4, -0.2) is 31.1 Å². The van der Waals surface area contributed by atoms with E-state index in [0.717, 1.165) is 27.9 Å². The van der Waals surface area contributed by atoms with Crippen LogP contribution < -0.4 is 10.0 Å². The second-order valence-electron chi connectivity index (χ2n) is 7.67. The fraction of sp³-hybridized carbons (Fsp3) is 0.400. The molecule has 1 unspecified atom stereocenters. The number of pyridine rings is 1. The van der Waals surface area contributed by atoms with E-state index in [1.807, 2.05) is 25.1 Å². The summed E-state index contributed by atoms with van der Waals surface area (Å²) in [7, 11) is -1.93. The van der Waals surface area contributed by atoms with Gasteiger partial charge in [0.1, 0.15) is 0 Å². The molecule has 0 aliphatic carbocycles. The molecular formula is C20H25N3O3S. The minimum atomic E-state index is -3.72. The Labute approximate surface area is 160 Å². The van der Waals surface area contributed by atoms with Crippen LogP contribution in [-0.2, 0) is 21.2 Å². The van der Waals surface area contributed by atoms with Gasteiger partial charge < -0.3 is 4.90 Å². The molecule has 2 N–H and O–H groups in total. The third kappa shape index (κ3) is 3.49. The van der Waals surface area contributed by atoms with Crippen LogP contribution >= 0.6 is 0 Å². The fourth-order valence-electron chi connectivity index (χ4n) is 3.34. The van der Waals surface area contributed by atoms with Crippen molar-refractivity contribution in [1.82, 2.24) is 4.98 Å². The predicted octanol–water partition coefficient (Wildman–Crippen LogP) is 2.83. The molecular weight excluding hydrogens is 362 g/mol. The number of anilines is 1. The zero-order valence-electron chi connectivity index (χ0n) is 16.1. The monoisotopic (exact) mass is 387 g/mol. The summed E-state index contributed by atoms with van der Waals surface area (Å²) < 4.78 is 22.8. The molecule has 1 aliphatic rings. The van der Waals surface area contributed by atoms with E-state index in [1.165, 1.54) is 0 Å². The van der Waals surface area contributed by atoms with E-state index in [-0.39, 0.29) is 11.8 Å². The topological polar surface area (TPSA) is 93.4 Å². The molecule has 0 saturated heterocycles. The highest BCUT2D eigenvalue weighted by molar-refractivity contribution is 7.90. The maximum absolute atomic E-state index is 12.0. The van der Waals surface area contributed by atoms with Crippen molar-refractivity contribution in [2.24, 2.45) is 5.14 Å². The standard InChI is InChI=1S/C20H25N3O3S/c1-13(20(2,3)27(21,25)26)16-10-17(12-22-11-16)14-5-7-18-15(9-14)6-8-19(24)23(18)4/h5,7,9-13H,6,8H2,1-4H3,(H2,21,25,26). The summed E-state index contributed by atoms with van der Waals surface area (Å²) in [5.74, 6) is -0.195. The SMILES string of the molecule is CC(c1cncc(-c2ccc3c(c2)CCC(=O)N3C)c1)C(C)(C)S(N)(=O)=O. The van der Waals surface area contributed by atoms with Gasteiger partial charge in [0.25, 0.3) is 0 Å². The number of aromatic nitrogens is 1. The summed E-state index contributed by atoms with van der Waals surface area (Å²) in [6, 6.07) is 7.95. The predicted molar refractivity (Wildman–Crippen MR) is 107 cm³/mol. The highest BCUT2D eigenvalue weighted by Crippen LogP contribution is 2.35. The van der Waals surface area contributed by atoms with Crippen LogP contribution in [0.4, 0.5) is 5.69 Å². The largest absolute Gasteiger partial charge is 0.315 e. The maximum atomic E-state index is 12.0. The van der Waals surface area contributed by atoms with Gasteiger partial charge in [0.2, 0.25) is 15.9 Å². The summed E-state index contributed by atoms with van der Waals surface area (Å²) in [6.07, 6.45) is 4.67. The summed E-state index contributed by atoms with van der Waals surface area (Å²) >= 11 is 0. The van der Waals surface area contributed by atoms with Crippen LogP contribution in [0.2, 0.25) is 0 Å². The number of hydrogen-bond donors (Lipinski definition) is 1. The molecule has 0 fully saturated rings. The van der Waals surface area contributed by atoms with E-state index in [1.54, 1.807) is 38.2 Å². The molecule has 0 bridgehead atoms. The minimum absolute atomic E-state index is 0.123. The molecule has 27 heavy (non-hydrogen) atoms. The first-order chi connectivity index (χ1) is 12.5. The number of fused-ring (bicyclic) bond motifs is 1. The lowest BCUT2D eigenvalue weighted by Crippen LogP contribution is -2.42. The van der Waals surface area contributed by atoms with E-state index in [9.17, 15) is 13.2 Å². The van der Waals surface area contributed by atoms with Crippen molar-refractivity contribution < 1.29 is 13.2 Å². The Morgan fingerprint density at radius 2 is 1.85 bits per heavy atom. The van der Waals surface area contributed by atoms with Crippen LogP contribution in [0, 0.1) is 0 Å². The molecule has 0 spiro atoms. The number of hydrogen-bond acceptors (Lipinski definition) is 4. The van der Waals surface area contributed by atoms with Crippen molar-refractivity contribution in [2.45, 2.75) is 44.3 Å². The normalized spacial score (nSPS) is 16.2. The van der Waals surface area contributed by atoms with Crippen LogP contribution in [0.3, 0.4) is 0 Å². The Hall–Kier alpha value is -2.25. The molecule has 144 valence electrons. The van der Waals surface area contributed by atoms with Gasteiger partial charge in [-0.3, -0.25) is 9.78 Å². The van der Waals surface area contributed by atoms with E-state index in [0.29, 0.717) is 12.8 Å². The third-order valence-corrected chi connectivity index (χ3v) is 7.61. The van der Waals surface area contributed by atoms with Gasteiger partial charge >= 0.3 is 0 Å². The van der Waals surface area contributed by atoms with E-state index >= 15 is 0 Å². The molecule has 1 aromatic carbocycles. The molecule has 0 radical (unpaired) electrons. The molecule has 7 heteroatoms. The van der Waals surface area contributed by atoms with Crippen molar-refractivity contribution in [3.05, 3.63) is 47.8 Å². The van der Waals surface area contributed by atoms with Gasteiger partial charge in [0, 0.05) is 43.0 Å². The van der Waals surface area contributed by atoms with Crippen LogP contribution in [0.15, 0.2) is 36.7 Å². The molecule has 1 atom stereocenters. The molecule has 2 aromatic rings. The van der Waals surface area contributed by atoms with Crippen molar-refractivity contribution in [1.29, 1.82) is 0 Å². The van der Waals surface area contributed by atoms with E-state index in [4.69, 9.17) is 5.14 Å². The van der Waals surface area contributed by atoms with Crippen LogP contribution in [0.25, 0.3) is 11.1 Å². The lowest BCUT2D eigenvalue weighted by Gasteiger charge is -2.29. The maximum Gasteiger partial charge on any atom is 0.227 e. The first kappa shape index (κ1) is 19.5. The average molecular weight is 388 g/mol. The summed E-state index contributed by atoms with van der Waals surface area (Å²) in [6.45, 7) is 5.11. The van der Waals surface area contributed by atoms with Crippen LogP contribution in [0.1, 0.15) is 44.2 Å². The molecule has 3 rings (SSSR count). The first-order valence-electron chi connectivity index (χ1n) is 8.89. The lowest BCUT2D eigenvalue weighted by atomic mass is 9.89. The fourth-order valence-corrected chi connectivity index (χ4v) is 3.97. The number of carbonyl (C=O) groups excluding carboxylic acids is 1. The highest BCUT2D eigenvalue weighted by Gasteiger charge is 2.38. The number of aryl methyl sites for hydroxylation is 1. The molecule has 2 heterocycles. The van der Waals surface area contributed by atoms with Gasteiger partial charge in [-0.25, -0.2) is 13.6 Å². The van der Waals surface area contributed by atoms with Crippen molar-refractivity contribution in [3.8, 4) is 11.1 Å². The van der Waals surface area contributed by atoms with Crippen molar-refractivity contribution in [2.75, 3.05) is 11.9 Å². The number of rotatable bonds is 4. The van der Waals surface area contributed by atoms with E-state index in [2.05, 4.69) is 11.1 Å².